The molecule has 0 fully saturated rings. The number of benzene rings is 1. The highest BCUT2D eigenvalue weighted by atomic mass is 32.2. The predicted molar refractivity (Wildman–Crippen MR) is 104 cm³/mol. The summed E-state index contributed by atoms with van der Waals surface area (Å²) in [6.07, 6.45) is -3.56. The van der Waals surface area contributed by atoms with Crippen LogP contribution in [0.2, 0.25) is 0 Å². The number of furan rings is 1. The zero-order chi connectivity index (χ0) is 23.3. The smallest absolute Gasteiger partial charge is 0.416 e. The van der Waals surface area contributed by atoms with Crippen molar-refractivity contribution in [2.75, 3.05) is 11.9 Å². The molecule has 32 heavy (non-hydrogen) atoms. The second kappa shape index (κ2) is 9.77. The summed E-state index contributed by atoms with van der Waals surface area (Å²) in [4.78, 5) is 47.8. The van der Waals surface area contributed by atoms with Crippen molar-refractivity contribution >= 4 is 41.3 Å². The Hall–Kier alpha value is -3.48. The molecular formula is C19H16F3N3O6S. The first-order valence-electron chi connectivity index (χ1n) is 9.06. The first kappa shape index (κ1) is 23.2. The molecule has 1 aromatic heterocycles. The van der Waals surface area contributed by atoms with E-state index in [0.717, 1.165) is 23.9 Å². The predicted octanol–water partition coefficient (Wildman–Crippen LogP) is 2.67. The van der Waals surface area contributed by atoms with Crippen LogP contribution in [0, 0.1) is 0 Å². The van der Waals surface area contributed by atoms with Crippen LogP contribution in [0.15, 0.2) is 45.9 Å². The Morgan fingerprint density at radius 1 is 1.22 bits per heavy atom. The van der Waals surface area contributed by atoms with Crippen molar-refractivity contribution in [1.82, 2.24) is 10.6 Å². The number of imide groups is 1. The van der Waals surface area contributed by atoms with Crippen molar-refractivity contribution in [3.05, 3.63) is 47.9 Å². The average Bonchev–Trinajstić information content (AvgIpc) is 3.24. The standard InChI is InChI=1S/C19H16F3N3O6S/c20-19(21,22)10-3-4-13-12(6-10)24-17(28)14(32-13)7-16(27)31-9-15(26)25-18(29)23-8-11-2-1-5-30-11/h1-6,14H,7-9H2,(H,24,28)(H2,23,25,26,29). The van der Waals surface area contributed by atoms with Gasteiger partial charge in [0.25, 0.3) is 5.91 Å². The van der Waals surface area contributed by atoms with E-state index in [0.29, 0.717) is 10.7 Å². The summed E-state index contributed by atoms with van der Waals surface area (Å²) in [5.41, 5.74) is -0.909. The molecule has 1 aromatic carbocycles. The van der Waals surface area contributed by atoms with Crippen LogP contribution in [0.5, 0.6) is 0 Å². The van der Waals surface area contributed by atoms with Crippen LogP contribution in [-0.4, -0.2) is 35.7 Å². The van der Waals surface area contributed by atoms with Crippen molar-refractivity contribution in [3.8, 4) is 0 Å². The first-order chi connectivity index (χ1) is 15.1. The highest BCUT2D eigenvalue weighted by Gasteiger charge is 2.34. The lowest BCUT2D eigenvalue weighted by atomic mass is 10.1. The van der Waals surface area contributed by atoms with Crippen molar-refractivity contribution in [1.29, 1.82) is 0 Å². The first-order valence-corrected chi connectivity index (χ1v) is 9.94. The van der Waals surface area contributed by atoms with Crippen LogP contribution < -0.4 is 16.0 Å². The number of anilines is 1. The van der Waals surface area contributed by atoms with Crippen LogP contribution in [0.25, 0.3) is 0 Å². The van der Waals surface area contributed by atoms with E-state index in [-0.39, 0.29) is 12.2 Å². The van der Waals surface area contributed by atoms with Gasteiger partial charge in [-0.05, 0) is 30.3 Å². The number of carbonyl (C=O) groups is 4. The van der Waals surface area contributed by atoms with E-state index in [2.05, 4.69) is 10.6 Å². The van der Waals surface area contributed by atoms with Gasteiger partial charge in [0.1, 0.15) is 5.76 Å². The Labute approximate surface area is 183 Å². The molecule has 1 aliphatic rings. The third kappa shape index (κ3) is 6.26. The minimum absolute atomic E-state index is 0.000573. The number of hydrogen-bond donors (Lipinski definition) is 3. The number of carbonyl (C=O) groups excluding carboxylic acids is 4. The third-order valence-electron chi connectivity index (χ3n) is 4.10. The van der Waals surface area contributed by atoms with Crippen LogP contribution in [0.3, 0.4) is 0 Å². The van der Waals surface area contributed by atoms with Gasteiger partial charge in [0.15, 0.2) is 6.61 Å². The van der Waals surface area contributed by atoms with Crippen LogP contribution >= 0.6 is 11.8 Å². The van der Waals surface area contributed by atoms with Gasteiger partial charge < -0.3 is 19.8 Å². The maximum absolute atomic E-state index is 12.8. The van der Waals surface area contributed by atoms with Gasteiger partial charge in [-0.2, -0.15) is 13.2 Å². The second-order valence-electron chi connectivity index (χ2n) is 6.48. The number of esters is 1. The molecule has 0 spiro atoms. The van der Waals surface area contributed by atoms with Crippen molar-refractivity contribution in [2.24, 2.45) is 0 Å². The molecule has 4 amide bonds. The largest absolute Gasteiger partial charge is 0.467 e. The second-order valence-corrected chi connectivity index (χ2v) is 7.72. The number of nitrogens with one attached hydrogen (secondary N) is 3. The zero-order valence-electron chi connectivity index (χ0n) is 16.2. The number of hydrogen-bond acceptors (Lipinski definition) is 7. The molecule has 1 unspecified atom stereocenters. The number of fused-ring (bicyclic) bond motifs is 1. The highest BCUT2D eigenvalue weighted by molar-refractivity contribution is 8.01. The molecule has 1 atom stereocenters. The fourth-order valence-electron chi connectivity index (χ4n) is 2.60. The fourth-order valence-corrected chi connectivity index (χ4v) is 3.68. The lowest BCUT2D eigenvalue weighted by molar-refractivity contribution is -0.148. The van der Waals surface area contributed by atoms with E-state index in [1.165, 1.54) is 12.3 Å². The van der Waals surface area contributed by atoms with Gasteiger partial charge in [0, 0.05) is 4.90 Å². The normalized spacial score (nSPS) is 15.3. The number of thioether (sulfide) groups is 1. The quantitative estimate of drug-likeness (QED) is 0.553. The Morgan fingerprint density at radius 3 is 2.69 bits per heavy atom. The van der Waals surface area contributed by atoms with Gasteiger partial charge in [-0.15, -0.1) is 11.8 Å². The van der Waals surface area contributed by atoms with Crippen molar-refractivity contribution < 1.29 is 41.5 Å². The Morgan fingerprint density at radius 2 is 2.00 bits per heavy atom. The van der Waals surface area contributed by atoms with Gasteiger partial charge in [-0.25, -0.2) is 4.79 Å². The van der Waals surface area contributed by atoms with Crippen LogP contribution in [0.4, 0.5) is 23.7 Å². The molecule has 13 heteroatoms. The van der Waals surface area contributed by atoms with E-state index < -0.39 is 53.8 Å². The van der Waals surface area contributed by atoms with Gasteiger partial charge in [-0.1, -0.05) is 0 Å². The summed E-state index contributed by atoms with van der Waals surface area (Å²) < 4.78 is 48.2. The minimum Gasteiger partial charge on any atom is -0.467 e. The molecule has 3 N–H and O–H groups in total. The zero-order valence-corrected chi connectivity index (χ0v) is 17.0. The molecule has 0 radical (unpaired) electrons. The molecule has 0 bridgehead atoms. The summed E-state index contributed by atoms with van der Waals surface area (Å²) in [6, 6.07) is 5.32. The molecule has 0 aliphatic carbocycles. The molecule has 0 saturated carbocycles. The maximum Gasteiger partial charge on any atom is 0.416 e. The average molecular weight is 471 g/mol. The summed E-state index contributed by atoms with van der Waals surface area (Å²) in [7, 11) is 0. The van der Waals surface area contributed by atoms with Crippen molar-refractivity contribution in [2.45, 2.75) is 29.3 Å². The summed E-state index contributed by atoms with van der Waals surface area (Å²) in [5, 5.41) is 5.71. The molecule has 170 valence electrons. The highest BCUT2D eigenvalue weighted by Crippen LogP contribution is 2.40. The van der Waals surface area contributed by atoms with Gasteiger partial charge in [-0.3, -0.25) is 19.7 Å². The molecule has 9 nitrogen and oxygen atoms in total. The van der Waals surface area contributed by atoms with Gasteiger partial charge in [0.2, 0.25) is 5.91 Å². The number of rotatable bonds is 6. The van der Waals surface area contributed by atoms with Gasteiger partial charge in [0.05, 0.1) is 35.7 Å². The molecular weight excluding hydrogens is 455 g/mol. The van der Waals surface area contributed by atoms with E-state index in [1.807, 2.05) is 5.32 Å². The molecule has 0 saturated heterocycles. The van der Waals surface area contributed by atoms with Gasteiger partial charge >= 0.3 is 18.2 Å². The molecule has 3 rings (SSSR count). The number of ether oxygens (including phenoxy) is 1. The summed E-state index contributed by atoms with van der Waals surface area (Å²) in [5.74, 6) is -1.97. The monoisotopic (exact) mass is 471 g/mol. The minimum atomic E-state index is -4.55. The Balaban J connectivity index is 1.44. The summed E-state index contributed by atoms with van der Waals surface area (Å²) >= 11 is 0.909. The Bertz CT molecular complexity index is 1030. The maximum atomic E-state index is 12.8. The molecule has 2 heterocycles. The van der Waals surface area contributed by atoms with E-state index in [4.69, 9.17) is 9.15 Å². The Kier molecular flexibility index (Phi) is 7.08. The lowest BCUT2D eigenvalue weighted by Crippen LogP contribution is -2.41. The molecule has 2 aromatic rings. The fraction of sp³-hybridized carbons (Fsp3) is 0.263. The van der Waals surface area contributed by atoms with E-state index in [1.54, 1.807) is 12.1 Å². The van der Waals surface area contributed by atoms with Crippen LogP contribution in [0.1, 0.15) is 17.7 Å². The number of alkyl halides is 3. The van der Waals surface area contributed by atoms with Crippen LogP contribution in [-0.2, 0) is 31.8 Å². The number of urea groups is 1. The van der Waals surface area contributed by atoms with E-state index >= 15 is 0 Å². The summed E-state index contributed by atoms with van der Waals surface area (Å²) in [6.45, 7) is -0.705. The number of amides is 4. The SMILES string of the molecule is O=C(COC(=O)CC1Sc2ccc(C(F)(F)F)cc2NC1=O)NC(=O)NCc1ccco1. The third-order valence-corrected chi connectivity index (χ3v) is 5.37. The number of halogens is 3. The molecule has 1 aliphatic heterocycles. The van der Waals surface area contributed by atoms with E-state index in [9.17, 15) is 32.3 Å². The lowest BCUT2D eigenvalue weighted by Gasteiger charge is -2.24. The van der Waals surface area contributed by atoms with Crippen molar-refractivity contribution in [3.63, 3.8) is 0 Å². The topological polar surface area (TPSA) is 127 Å².